The van der Waals surface area contributed by atoms with Crippen molar-refractivity contribution in [3.8, 4) is 0 Å². The molecular weight excluding hydrogens is 272 g/mol. The van der Waals surface area contributed by atoms with Gasteiger partial charge in [0.25, 0.3) is 0 Å². The zero-order valence-corrected chi connectivity index (χ0v) is 12.5. The maximum atomic E-state index is 13.1. The van der Waals surface area contributed by atoms with Gasteiger partial charge in [-0.1, -0.05) is 48.5 Å². The Labute approximate surface area is 130 Å². The second kappa shape index (κ2) is 5.25. The number of carbonyl (C=O) groups excluding carboxylic acids is 1. The van der Waals surface area contributed by atoms with Crippen molar-refractivity contribution in [3.05, 3.63) is 65.7 Å². The highest BCUT2D eigenvalue weighted by molar-refractivity contribution is 6.02. The summed E-state index contributed by atoms with van der Waals surface area (Å²) in [4.78, 5) is 13.1. The molecule has 0 saturated carbocycles. The third kappa shape index (κ3) is 1.97. The Kier molecular flexibility index (Phi) is 3.23. The molecule has 1 amide bonds. The molecule has 0 aromatic heterocycles. The van der Waals surface area contributed by atoms with Gasteiger partial charge >= 0.3 is 0 Å². The van der Waals surface area contributed by atoms with Crippen LogP contribution in [0.5, 0.6) is 0 Å². The van der Waals surface area contributed by atoms with Gasteiger partial charge in [-0.2, -0.15) is 0 Å². The highest BCUT2D eigenvalue weighted by Gasteiger charge is 2.50. The molecule has 112 valence electrons. The molecule has 22 heavy (non-hydrogen) atoms. The normalized spacial score (nSPS) is 27.3. The van der Waals surface area contributed by atoms with Gasteiger partial charge < -0.3 is 10.6 Å². The second-order valence-corrected chi connectivity index (χ2v) is 6.32. The van der Waals surface area contributed by atoms with E-state index in [4.69, 9.17) is 0 Å². The van der Waals surface area contributed by atoms with Crippen LogP contribution in [-0.4, -0.2) is 19.0 Å². The van der Waals surface area contributed by atoms with Crippen molar-refractivity contribution in [2.75, 3.05) is 18.4 Å². The summed E-state index contributed by atoms with van der Waals surface area (Å²) < 4.78 is 0. The number of amides is 1. The van der Waals surface area contributed by atoms with Crippen LogP contribution in [0.4, 0.5) is 5.69 Å². The highest BCUT2D eigenvalue weighted by atomic mass is 16.2. The summed E-state index contributed by atoms with van der Waals surface area (Å²) in [5.74, 6) is 0.481. The molecule has 0 spiro atoms. The molecule has 1 unspecified atom stereocenters. The lowest BCUT2D eigenvalue weighted by atomic mass is 9.64. The molecule has 4 rings (SSSR count). The third-order valence-corrected chi connectivity index (χ3v) is 5.19. The van der Waals surface area contributed by atoms with Crippen molar-refractivity contribution in [1.29, 1.82) is 0 Å². The van der Waals surface area contributed by atoms with Gasteiger partial charge in [-0.05, 0) is 49.0 Å². The summed E-state index contributed by atoms with van der Waals surface area (Å²) in [6, 6.07) is 18.4. The number of fused-ring (bicyclic) bond motifs is 1. The number of benzene rings is 2. The Morgan fingerprint density at radius 2 is 1.77 bits per heavy atom. The van der Waals surface area contributed by atoms with Crippen LogP contribution in [0.15, 0.2) is 54.6 Å². The molecule has 2 aromatic rings. The minimum atomic E-state index is -0.459. The standard InChI is InChI=1S/C19H20N2O/c22-18-19(16-10-11-20-13-16,15-7-2-1-3-8-15)12-14-6-4-5-9-17(14)21-18/h1-9,16,20H,10-13H2,(H,21,22)/t16-,19?/m1/s1. The maximum Gasteiger partial charge on any atom is 0.235 e. The molecule has 2 N–H and O–H groups in total. The lowest BCUT2D eigenvalue weighted by Crippen LogP contribution is -2.51. The zero-order chi connectivity index (χ0) is 15.0. The third-order valence-electron chi connectivity index (χ3n) is 5.19. The molecular formula is C19H20N2O. The molecule has 1 saturated heterocycles. The van der Waals surface area contributed by atoms with Crippen LogP contribution in [-0.2, 0) is 16.6 Å². The average molecular weight is 292 g/mol. The smallest absolute Gasteiger partial charge is 0.235 e. The Hall–Kier alpha value is -2.13. The molecule has 3 heteroatoms. The summed E-state index contributed by atoms with van der Waals surface area (Å²) in [7, 11) is 0. The average Bonchev–Trinajstić information content (AvgIpc) is 3.10. The van der Waals surface area contributed by atoms with Crippen molar-refractivity contribution >= 4 is 11.6 Å². The van der Waals surface area contributed by atoms with E-state index in [0.29, 0.717) is 5.92 Å². The van der Waals surface area contributed by atoms with Gasteiger partial charge in [-0.15, -0.1) is 0 Å². The highest BCUT2D eigenvalue weighted by Crippen LogP contribution is 2.44. The topological polar surface area (TPSA) is 41.1 Å². The Bertz CT molecular complexity index is 692. The van der Waals surface area contributed by atoms with E-state index >= 15 is 0 Å². The summed E-state index contributed by atoms with van der Waals surface area (Å²) in [5, 5.41) is 6.59. The van der Waals surface area contributed by atoms with Crippen LogP contribution in [0.2, 0.25) is 0 Å². The summed E-state index contributed by atoms with van der Waals surface area (Å²) in [5.41, 5.74) is 2.87. The largest absolute Gasteiger partial charge is 0.325 e. The Balaban J connectivity index is 1.87. The van der Waals surface area contributed by atoms with Gasteiger partial charge in [0.05, 0.1) is 5.41 Å². The molecule has 2 aliphatic rings. The Morgan fingerprint density at radius 3 is 2.55 bits per heavy atom. The lowest BCUT2D eigenvalue weighted by molar-refractivity contribution is -0.123. The summed E-state index contributed by atoms with van der Waals surface area (Å²) in [6.45, 7) is 1.90. The first-order chi connectivity index (χ1) is 10.8. The molecule has 0 bridgehead atoms. The number of para-hydroxylation sites is 1. The maximum absolute atomic E-state index is 13.1. The van der Waals surface area contributed by atoms with Gasteiger partial charge in [0.2, 0.25) is 5.91 Å². The first-order valence-electron chi connectivity index (χ1n) is 7.96. The molecule has 2 aliphatic heterocycles. The molecule has 2 heterocycles. The zero-order valence-electron chi connectivity index (χ0n) is 12.5. The number of hydrogen-bond acceptors (Lipinski definition) is 2. The fourth-order valence-corrected chi connectivity index (χ4v) is 4.02. The number of nitrogens with one attached hydrogen (secondary N) is 2. The number of carbonyl (C=O) groups is 1. The van der Waals surface area contributed by atoms with Gasteiger partial charge in [0.1, 0.15) is 0 Å². The van der Waals surface area contributed by atoms with Crippen LogP contribution in [0, 0.1) is 5.92 Å². The van der Waals surface area contributed by atoms with E-state index in [-0.39, 0.29) is 5.91 Å². The van der Waals surface area contributed by atoms with Crippen LogP contribution >= 0.6 is 0 Å². The van der Waals surface area contributed by atoms with Crippen molar-refractivity contribution in [2.24, 2.45) is 5.92 Å². The van der Waals surface area contributed by atoms with E-state index in [2.05, 4.69) is 34.9 Å². The van der Waals surface area contributed by atoms with Crippen molar-refractivity contribution in [3.63, 3.8) is 0 Å². The van der Waals surface area contributed by atoms with E-state index in [1.165, 1.54) is 5.56 Å². The number of hydrogen-bond donors (Lipinski definition) is 2. The number of rotatable bonds is 2. The lowest BCUT2D eigenvalue weighted by Gasteiger charge is -2.41. The van der Waals surface area contributed by atoms with Gasteiger partial charge in [-0.3, -0.25) is 4.79 Å². The van der Waals surface area contributed by atoms with E-state index in [0.717, 1.165) is 37.2 Å². The molecule has 2 aromatic carbocycles. The minimum Gasteiger partial charge on any atom is -0.325 e. The SMILES string of the molecule is O=C1Nc2ccccc2CC1(c1ccccc1)[C@@H]1CCNC1. The van der Waals surface area contributed by atoms with E-state index in [1.54, 1.807) is 0 Å². The van der Waals surface area contributed by atoms with Crippen LogP contribution < -0.4 is 10.6 Å². The summed E-state index contributed by atoms with van der Waals surface area (Å²) >= 11 is 0. The number of anilines is 1. The van der Waals surface area contributed by atoms with Crippen LogP contribution in [0.3, 0.4) is 0 Å². The van der Waals surface area contributed by atoms with Gasteiger partial charge in [0, 0.05) is 5.69 Å². The van der Waals surface area contributed by atoms with E-state index in [9.17, 15) is 4.79 Å². The summed E-state index contributed by atoms with van der Waals surface area (Å²) in [6.07, 6.45) is 1.83. The molecule has 0 radical (unpaired) electrons. The monoisotopic (exact) mass is 292 g/mol. The molecule has 0 aliphatic carbocycles. The Morgan fingerprint density at radius 1 is 1.00 bits per heavy atom. The fourth-order valence-electron chi connectivity index (χ4n) is 4.02. The van der Waals surface area contributed by atoms with E-state index < -0.39 is 5.41 Å². The van der Waals surface area contributed by atoms with Crippen molar-refractivity contribution in [2.45, 2.75) is 18.3 Å². The van der Waals surface area contributed by atoms with Gasteiger partial charge in [0.15, 0.2) is 0 Å². The molecule has 3 nitrogen and oxygen atoms in total. The van der Waals surface area contributed by atoms with Crippen LogP contribution in [0.1, 0.15) is 17.5 Å². The van der Waals surface area contributed by atoms with Crippen molar-refractivity contribution < 1.29 is 4.79 Å². The first-order valence-corrected chi connectivity index (χ1v) is 7.96. The van der Waals surface area contributed by atoms with Crippen molar-refractivity contribution in [1.82, 2.24) is 5.32 Å². The fraction of sp³-hybridized carbons (Fsp3) is 0.316. The first kappa shape index (κ1) is 13.5. The van der Waals surface area contributed by atoms with E-state index in [1.807, 2.05) is 30.3 Å². The predicted octanol–water partition coefficient (Wildman–Crippen LogP) is 2.73. The minimum absolute atomic E-state index is 0.145. The predicted molar refractivity (Wildman–Crippen MR) is 87.9 cm³/mol. The molecule has 1 fully saturated rings. The van der Waals surface area contributed by atoms with Gasteiger partial charge in [-0.25, -0.2) is 0 Å². The second-order valence-electron chi connectivity index (χ2n) is 6.32. The molecule has 2 atom stereocenters. The van der Waals surface area contributed by atoms with Crippen LogP contribution in [0.25, 0.3) is 0 Å². The quantitative estimate of drug-likeness (QED) is 0.893.